The highest BCUT2D eigenvalue weighted by molar-refractivity contribution is 5.94. The molecule has 0 aliphatic carbocycles. The first-order valence-electron chi connectivity index (χ1n) is 3.27. The molecule has 0 saturated heterocycles. The number of nitrogens with two attached hydrogens (primary N) is 1. The van der Waals surface area contributed by atoms with E-state index in [4.69, 9.17) is 5.73 Å². The molecule has 7 nitrogen and oxygen atoms in total. The Hall–Kier alpha value is -2.05. The minimum Gasteiger partial charge on any atom is -0.494 e. The number of primary amides is 1. The second-order valence-corrected chi connectivity index (χ2v) is 2.38. The zero-order valence-corrected chi connectivity index (χ0v) is 6.70. The van der Waals surface area contributed by atoms with Gasteiger partial charge >= 0.3 is 5.69 Å². The van der Waals surface area contributed by atoms with Crippen LogP contribution in [0.1, 0.15) is 10.4 Å². The van der Waals surface area contributed by atoms with Crippen molar-refractivity contribution in [2.75, 3.05) is 0 Å². The summed E-state index contributed by atoms with van der Waals surface area (Å²) >= 11 is 0. The van der Waals surface area contributed by atoms with Gasteiger partial charge in [-0.3, -0.25) is 19.1 Å². The van der Waals surface area contributed by atoms with Crippen molar-refractivity contribution in [2.24, 2.45) is 12.8 Å². The molecule has 1 rings (SSSR count). The van der Waals surface area contributed by atoms with Gasteiger partial charge < -0.3 is 10.8 Å². The van der Waals surface area contributed by atoms with Crippen molar-refractivity contribution in [1.82, 2.24) is 9.55 Å². The van der Waals surface area contributed by atoms with E-state index < -0.39 is 28.6 Å². The predicted molar refractivity (Wildman–Crippen MR) is 42.5 cm³/mol. The van der Waals surface area contributed by atoms with Gasteiger partial charge in [-0.25, -0.2) is 4.79 Å². The average Bonchev–Trinajstić information content (AvgIpc) is 1.99. The molecule has 0 unspecified atom stereocenters. The van der Waals surface area contributed by atoms with Crippen LogP contribution in [0.15, 0.2) is 9.59 Å². The summed E-state index contributed by atoms with van der Waals surface area (Å²) in [5, 5.41) is 9.17. The summed E-state index contributed by atoms with van der Waals surface area (Å²) in [4.78, 5) is 34.2. The molecule has 0 aliphatic heterocycles. The number of nitrogens with one attached hydrogen (secondary N) is 1. The molecule has 13 heavy (non-hydrogen) atoms. The summed E-state index contributed by atoms with van der Waals surface area (Å²) in [5.41, 5.74) is 2.37. The Balaban J connectivity index is 3.73. The summed E-state index contributed by atoms with van der Waals surface area (Å²) in [5.74, 6) is -1.82. The third kappa shape index (κ3) is 1.31. The molecule has 0 radical (unpaired) electrons. The maximum atomic E-state index is 10.9. The number of hydrogen-bond acceptors (Lipinski definition) is 4. The second kappa shape index (κ2) is 2.77. The highest BCUT2D eigenvalue weighted by Gasteiger charge is 2.16. The molecule has 0 aromatic carbocycles. The summed E-state index contributed by atoms with van der Waals surface area (Å²) in [7, 11) is 1.19. The van der Waals surface area contributed by atoms with Crippen LogP contribution in [0.4, 0.5) is 0 Å². The van der Waals surface area contributed by atoms with Crippen LogP contribution in [-0.4, -0.2) is 20.6 Å². The highest BCUT2D eigenvalue weighted by atomic mass is 16.3. The lowest BCUT2D eigenvalue weighted by molar-refractivity contribution is 0.0994. The van der Waals surface area contributed by atoms with Crippen molar-refractivity contribution in [1.29, 1.82) is 0 Å². The number of rotatable bonds is 1. The van der Waals surface area contributed by atoms with Gasteiger partial charge in [-0.2, -0.15) is 0 Å². The van der Waals surface area contributed by atoms with Crippen LogP contribution in [0, 0.1) is 0 Å². The Morgan fingerprint density at radius 3 is 2.54 bits per heavy atom. The number of aromatic nitrogens is 2. The van der Waals surface area contributed by atoms with E-state index in [1.165, 1.54) is 7.05 Å². The van der Waals surface area contributed by atoms with Gasteiger partial charge in [0.25, 0.3) is 11.5 Å². The number of aromatic amines is 1. The third-order valence-electron chi connectivity index (χ3n) is 1.54. The van der Waals surface area contributed by atoms with E-state index in [1.54, 1.807) is 0 Å². The van der Waals surface area contributed by atoms with Crippen molar-refractivity contribution in [3.63, 3.8) is 0 Å². The maximum Gasteiger partial charge on any atom is 0.330 e. The molecular formula is C6H7N3O4. The number of carbonyl (C=O) groups is 1. The van der Waals surface area contributed by atoms with E-state index in [9.17, 15) is 19.5 Å². The van der Waals surface area contributed by atoms with Gasteiger partial charge in [0.15, 0.2) is 5.56 Å². The van der Waals surface area contributed by atoms with Crippen LogP contribution in [0.2, 0.25) is 0 Å². The molecule has 4 N–H and O–H groups in total. The number of carbonyl (C=O) groups excluding carboxylic acids is 1. The molecule has 1 aromatic heterocycles. The van der Waals surface area contributed by atoms with Crippen LogP contribution < -0.4 is 17.0 Å². The van der Waals surface area contributed by atoms with Gasteiger partial charge in [-0.1, -0.05) is 0 Å². The highest BCUT2D eigenvalue weighted by Crippen LogP contribution is 2.05. The quantitative estimate of drug-likeness (QED) is 0.463. The fraction of sp³-hybridized carbons (Fsp3) is 0.167. The second-order valence-electron chi connectivity index (χ2n) is 2.38. The minimum atomic E-state index is -1.09. The van der Waals surface area contributed by atoms with Gasteiger partial charge in [0.1, 0.15) is 0 Å². The summed E-state index contributed by atoms with van der Waals surface area (Å²) < 4.78 is 0.710. The van der Waals surface area contributed by atoms with E-state index in [2.05, 4.69) is 0 Å². The number of hydrogen-bond donors (Lipinski definition) is 3. The Labute approximate surface area is 71.4 Å². The van der Waals surface area contributed by atoms with Crippen molar-refractivity contribution < 1.29 is 9.90 Å². The number of amides is 1. The van der Waals surface area contributed by atoms with Gasteiger partial charge in [-0.05, 0) is 0 Å². The van der Waals surface area contributed by atoms with Gasteiger partial charge in [0.2, 0.25) is 5.88 Å². The van der Waals surface area contributed by atoms with Crippen LogP contribution in [0.25, 0.3) is 0 Å². The first kappa shape index (κ1) is 9.04. The van der Waals surface area contributed by atoms with Crippen molar-refractivity contribution in [3.8, 4) is 5.88 Å². The molecule has 1 amide bonds. The average molecular weight is 185 g/mol. The zero-order chi connectivity index (χ0) is 10.2. The van der Waals surface area contributed by atoms with Gasteiger partial charge in [0, 0.05) is 7.05 Å². The molecule has 1 aromatic rings. The minimum absolute atomic E-state index is 0.623. The lowest BCUT2D eigenvalue weighted by Gasteiger charge is -2.02. The van der Waals surface area contributed by atoms with Crippen LogP contribution in [-0.2, 0) is 7.05 Å². The Morgan fingerprint density at radius 2 is 2.08 bits per heavy atom. The van der Waals surface area contributed by atoms with E-state index >= 15 is 0 Å². The third-order valence-corrected chi connectivity index (χ3v) is 1.54. The number of nitrogens with zero attached hydrogens (tertiary/aromatic N) is 1. The van der Waals surface area contributed by atoms with Crippen LogP contribution >= 0.6 is 0 Å². The van der Waals surface area contributed by atoms with E-state index in [0.717, 1.165) is 0 Å². The first-order valence-corrected chi connectivity index (χ1v) is 3.27. The fourth-order valence-corrected chi connectivity index (χ4v) is 0.831. The Morgan fingerprint density at radius 1 is 1.54 bits per heavy atom. The Bertz CT molecular complexity index is 470. The zero-order valence-electron chi connectivity index (χ0n) is 6.70. The summed E-state index contributed by atoms with van der Waals surface area (Å²) in [6.07, 6.45) is 0. The lowest BCUT2D eigenvalue weighted by Crippen LogP contribution is -2.34. The molecule has 0 aliphatic rings. The van der Waals surface area contributed by atoms with Crippen LogP contribution in [0.3, 0.4) is 0 Å². The molecular weight excluding hydrogens is 178 g/mol. The smallest absolute Gasteiger partial charge is 0.330 e. The molecule has 0 fully saturated rings. The van der Waals surface area contributed by atoms with E-state index in [-0.39, 0.29) is 0 Å². The standard InChI is InChI=1S/C6H7N3O4/c1-9-5(12)2(3(7)10)4(11)8-6(9)13/h12H,1H3,(H2,7,10)(H,8,11,13). The fourth-order valence-electron chi connectivity index (χ4n) is 0.831. The summed E-state index contributed by atoms with van der Waals surface area (Å²) in [6.45, 7) is 0. The van der Waals surface area contributed by atoms with Crippen LogP contribution in [0.5, 0.6) is 5.88 Å². The van der Waals surface area contributed by atoms with E-state index in [0.29, 0.717) is 4.57 Å². The Kier molecular flexibility index (Phi) is 1.93. The largest absolute Gasteiger partial charge is 0.494 e. The molecule has 0 atom stereocenters. The SMILES string of the molecule is Cn1c(O)c(C(N)=O)c(=O)[nH]c1=O. The molecule has 7 heteroatoms. The number of aromatic hydroxyl groups is 1. The van der Waals surface area contributed by atoms with E-state index in [1.807, 2.05) is 4.98 Å². The maximum absolute atomic E-state index is 10.9. The monoisotopic (exact) mass is 185 g/mol. The van der Waals surface area contributed by atoms with Crippen molar-refractivity contribution in [2.45, 2.75) is 0 Å². The molecule has 0 saturated carbocycles. The normalized spacial score (nSPS) is 9.92. The molecule has 0 spiro atoms. The summed E-state index contributed by atoms with van der Waals surface area (Å²) in [6, 6.07) is 0. The molecule has 1 heterocycles. The van der Waals surface area contributed by atoms with Crippen molar-refractivity contribution in [3.05, 3.63) is 26.4 Å². The predicted octanol–water partition coefficient (Wildman–Crippen LogP) is -2.12. The van der Waals surface area contributed by atoms with Gasteiger partial charge in [-0.15, -0.1) is 0 Å². The van der Waals surface area contributed by atoms with Gasteiger partial charge in [0.05, 0.1) is 0 Å². The molecule has 0 bridgehead atoms. The number of H-pyrrole nitrogens is 1. The lowest BCUT2D eigenvalue weighted by atomic mass is 10.3. The van der Waals surface area contributed by atoms with Crippen molar-refractivity contribution >= 4 is 5.91 Å². The topological polar surface area (TPSA) is 118 Å². The molecule has 70 valence electrons. The first-order chi connectivity index (χ1) is 5.95.